The molecule has 4 rings (SSSR count). The van der Waals surface area contributed by atoms with Gasteiger partial charge in [0.15, 0.2) is 11.5 Å². The highest BCUT2D eigenvalue weighted by atomic mass is 79.9. The van der Waals surface area contributed by atoms with Crippen LogP contribution in [-0.4, -0.2) is 38.1 Å². The molecule has 1 atom stereocenters. The molecule has 1 amide bonds. The molecule has 0 radical (unpaired) electrons. The number of aliphatic hydroxyl groups is 1. The summed E-state index contributed by atoms with van der Waals surface area (Å²) < 4.78 is 16.9. The number of carbonyl (C=O) groups is 2. The number of hydrogen-bond acceptors (Lipinski definition) is 7. The first kappa shape index (κ1) is 24.8. The smallest absolute Gasteiger partial charge is 0.300 e. The van der Waals surface area contributed by atoms with Crippen LogP contribution >= 0.6 is 15.9 Å². The summed E-state index contributed by atoms with van der Waals surface area (Å²) in [4.78, 5) is 28.1. The molecule has 0 spiro atoms. The van der Waals surface area contributed by atoms with E-state index in [2.05, 4.69) is 15.9 Å². The maximum Gasteiger partial charge on any atom is 0.300 e. The number of benzene rings is 3. The predicted octanol–water partition coefficient (Wildman–Crippen LogP) is 4.97. The number of carbonyl (C=O) groups excluding carboxylic acids is 2. The molecule has 0 saturated carbocycles. The molecule has 36 heavy (non-hydrogen) atoms. The zero-order chi connectivity index (χ0) is 26.0. The molecule has 3 aromatic carbocycles. The first-order valence-corrected chi connectivity index (χ1v) is 11.5. The van der Waals surface area contributed by atoms with Gasteiger partial charge in [-0.1, -0.05) is 12.1 Å². The first-order valence-electron chi connectivity index (χ1n) is 10.7. The van der Waals surface area contributed by atoms with Gasteiger partial charge in [-0.25, -0.2) is 0 Å². The average Bonchev–Trinajstić information content (AvgIpc) is 3.17. The summed E-state index contributed by atoms with van der Waals surface area (Å²) in [6, 6.07) is 17.2. The quantitative estimate of drug-likeness (QED) is 0.263. The molecule has 0 bridgehead atoms. The summed E-state index contributed by atoms with van der Waals surface area (Å²) in [5, 5.41) is 20.5. The summed E-state index contributed by atoms with van der Waals surface area (Å²) >= 11 is 3.39. The molecule has 1 unspecified atom stereocenters. The third-order valence-corrected chi connectivity index (χ3v) is 6.49. The zero-order valence-corrected chi connectivity index (χ0v) is 21.2. The van der Waals surface area contributed by atoms with Crippen LogP contribution in [-0.2, 0) is 9.59 Å². The molecule has 3 aromatic rings. The molecule has 8 nitrogen and oxygen atoms in total. The van der Waals surface area contributed by atoms with Gasteiger partial charge in [0.1, 0.15) is 11.5 Å². The Bertz CT molecular complexity index is 1430. The van der Waals surface area contributed by atoms with Crippen LogP contribution < -0.4 is 19.1 Å². The summed E-state index contributed by atoms with van der Waals surface area (Å²) in [7, 11) is 4.45. The van der Waals surface area contributed by atoms with Gasteiger partial charge in [0.05, 0.1) is 49.0 Å². The van der Waals surface area contributed by atoms with E-state index in [9.17, 15) is 20.0 Å². The molecule has 0 aliphatic carbocycles. The monoisotopic (exact) mass is 548 g/mol. The number of para-hydroxylation sites is 1. The van der Waals surface area contributed by atoms with Gasteiger partial charge in [0.25, 0.3) is 11.7 Å². The van der Waals surface area contributed by atoms with Crippen LogP contribution in [0.2, 0.25) is 0 Å². The second-order valence-corrected chi connectivity index (χ2v) is 8.61. The minimum atomic E-state index is -1.04. The number of amides is 1. The van der Waals surface area contributed by atoms with E-state index in [0.717, 1.165) is 0 Å². The van der Waals surface area contributed by atoms with E-state index in [1.165, 1.54) is 26.2 Å². The van der Waals surface area contributed by atoms with Crippen molar-refractivity contribution in [3.63, 3.8) is 0 Å². The van der Waals surface area contributed by atoms with Gasteiger partial charge in [0.2, 0.25) is 0 Å². The first-order chi connectivity index (χ1) is 17.4. The maximum atomic E-state index is 13.4. The summed E-state index contributed by atoms with van der Waals surface area (Å²) in [6.07, 6.45) is 0. The Kier molecular flexibility index (Phi) is 6.99. The summed E-state index contributed by atoms with van der Waals surface area (Å²) in [6.45, 7) is 0. The van der Waals surface area contributed by atoms with E-state index in [4.69, 9.17) is 14.2 Å². The lowest BCUT2D eigenvalue weighted by Crippen LogP contribution is -2.29. The van der Waals surface area contributed by atoms with Gasteiger partial charge in [-0.2, -0.15) is 5.26 Å². The van der Waals surface area contributed by atoms with E-state index >= 15 is 0 Å². The molecule has 1 fully saturated rings. The van der Waals surface area contributed by atoms with Crippen LogP contribution in [0.5, 0.6) is 17.2 Å². The van der Waals surface area contributed by atoms with E-state index in [1.54, 1.807) is 60.7 Å². The van der Waals surface area contributed by atoms with Crippen molar-refractivity contribution in [2.24, 2.45) is 0 Å². The Balaban J connectivity index is 2.00. The van der Waals surface area contributed by atoms with Crippen LogP contribution in [0.1, 0.15) is 22.7 Å². The Hall–Kier alpha value is -4.29. The standard InChI is InChI=1S/C27H21BrN2O6/c1-34-20-12-9-16(13-19(20)28)24(31)22-23(18-5-4-6-21(35-2)26(18)36-3)30(27(33)25(22)32)17-10-7-15(14-29)8-11-17/h4-13,23,31H,1-3H3/b24-22-. The van der Waals surface area contributed by atoms with Gasteiger partial charge in [-0.15, -0.1) is 0 Å². The molecule has 1 heterocycles. The topological polar surface area (TPSA) is 109 Å². The third-order valence-electron chi connectivity index (χ3n) is 5.87. The van der Waals surface area contributed by atoms with Gasteiger partial charge < -0.3 is 19.3 Å². The highest BCUT2D eigenvalue weighted by molar-refractivity contribution is 9.10. The van der Waals surface area contributed by atoms with Crippen molar-refractivity contribution in [3.05, 3.63) is 87.4 Å². The number of rotatable bonds is 6. The molecule has 1 saturated heterocycles. The van der Waals surface area contributed by atoms with Gasteiger partial charge in [-0.3, -0.25) is 14.5 Å². The summed E-state index contributed by atoms with van der Waals surface area (Å²) in [5.74, 6) is -0.805. The molecule has 1 aliphatic rings. The number of halogens is 1. The minimum absolute atomic E-state index is 0.118. The highest BCUT2D eigenvalue weighted by Crippen LogP contribution is 2.47. The predicted molar refractivity (Wildman–Crippen MR) is 136 cm³/mol. The van der Waals surface area contributed by atoms with Crippen molar-refractivity contribution in [2.45, 2.75) is 6.04 Å². The maximum absolute atomic E-state index is 13.4. The Labute approximate surface area is 216 Å². The van der Waals surface area contributed by atoms with Gasteiger partial charge >= 0.3 is 0 Å². The lowest BCUT2D eigenvalue weighted by atomic mass is 9.94. The SMILES string of the molecule is COc1ccc(/C(O)=C2/C(=O)C(=O)N(c3ccc(C#N)cc3)C2c2cccc(OC)c2OC)cc1Br. The van der Waals surface area contributed by atoms with Crippen LogP contribution in [0.25, 0.3) is 5.76 Å². The van der Waals surface area contributed by atoms with Crippen LogP contribution in [0.4, 0.5) is 5.69 Å². The van der Waals surface area contributed by atoms with E-state index in [1.807, 2.05) is 6.07 Å². The normalized spacial score (nSPS) is 16.5. The van der Waals surface area contributed by atoms with Gasteiger partial charge in [0, 0.05) is 16.8 Å². The Morgan fingerprint density at radius 3 is 2.25 bits per heavy atom. The fourth-order valence-electron chi connectivity index (χ4n) is 4.19. The Morgan fingerprint density at radius 2 is 1.67 bits per heavy atom. The van der Waals surface area contributed by atoms with Crippen molar-refractivity contribution in [1.29, 1.82) is 5.26 Å². The minimum Gasteiger partial charge on any atom is -0.507 e. The van der Waals surface area contributed by atoms with Gasteiger partial charge in [-0.05, 0) is 64.5 Å². The lowest BCUT2D eigenvalue weighted by Gasteiger charge is -2.27. The van der Waals surface area contributed by atoms with Crippen LogP contribution in [0.15, 0.2) is 70.7 Å². The molecule has 1 aliphatic heterocycles. The number of hydrogen-bond donors (Lipinski definition) is 1. The molecular formula is C27H21BrN2O6. The molecule has 182 valence electrons. The van der Waals surface area contributed by atoms with Crippen molar-refractivity contribution < 1.29 is 28.9 Å². The lowest BCUT2D eigenvalue weighted by molar-refractivity contribution is -0.132. The number of nitriles is 1. The van der Waals surface area contributed by atoms with Crippen LogP contribution in [0.3, 0.4) is 0 Å². The fraction of sp³-hybridized carbons (Fsp3) is 0.148. The second-order valence-electron chi connectivity index (χ2n) is 7.76. The Morgan fingerprint density at radius 1 is 0.972 bits per heavy atom. The third kappa shape index (κ3) is 4.16. The van der Waals surface area contributed by atoms with E-state index < -0.39 is 17.7 Å². The van der Waals surface area contributed by atoms with Crippen molar-refractivity contribution >= 4 is 39.1 Å². The number of nitrogens with zero attached hydrogens (tertiary/aromatic N) is 2. The van der Waals surface area contributed by atoms with Crippen molar-refractivity contribution in [1.82, 2.24) is 0 Å². The second kappa shape index (κ2) is 10.1. The van der Waals surface area contributed by atoms with Crippen molar-refractivity contribution in [2.75, 3.05) is 26.2 Å². The molecular weight excluding hydrogens is 528 g/mol. The number of Topliss-reactive ketones (excluding diaryl/α,β-unsaturated/α-hetero) is 1. The fourth-order valence-corrected chi connectivity index (χ4v) is 4.73. The molecule has 0 aromatic heterocycles. The van der Waals surface area contributed by atoms with E-state index in [0.29, 0.717) is 44.1 Å². The molecule has 9 heteroatoms. The number of ether oxygens (including phenoxy) is 3. The zero-order valence-electron chi connectivity index (χ0n) is 19.6. The number of ketones is 1. The number of anilines is 1. The highest BCUT2D eigenvalue weighted by Gasteiger charge is 2.48. The van der Waals surface area contributed by atoms with E-state index in [-0.39, 0.29) is 11.3 Å². The molecule has 1 N–H and O–H groups in total. The van der Waals surface area contributed by atoms with Crippen molar-refractivity contribution in [3.8, 4) is 23.3 Å². The number of methoxy groups -OCH3 is 3. The average molecular weight is 549 g/mol. The summed E-state index contributed by atoms with van der Waals surface area (Å²) in [5.41, 5.74) is 1.41. The number of aliphatic hydroxyl groups excluding tert-OH is 1. The van der Waals surface area contributed by atoms with Crippen LogP contribution in [0, 0.1) is 11.3 Å². The largest absolute Gasteiger partial charge is 0.507 e.